The SMILES string of the molecule is CCn1c(=O)n(C)c2cc(-c3[nH]c(-c4cnccn4)nc3-c3cccc(C)c3)ccc21. The summed E-state index contributed by atoms with van der Waals surface area (Å²) in [6, 6.07) is 14.3. The Bertz CT molecular complexity index is 1460. The number of nitrogens with one attached hydrogen (secondary N) is 1. The third-order valence-electron chi connectivity index (χ3n) is 5.55. The van der Waals surface area contributed by atoms with Gasteiger partial charge in [0.05, 0.1) is 28.6 Å². The molecule has 0 fully saturated rings. The van der Waals surface area contributed by atoms with Crippen molar-refractivity contribution in [2.24, 2.45) is 7.05 Å². The number of rotatable bonds is 4. The highest BCUT2D eigenvalue weighted by molar-refractivity contribution is 5.87. The van der Waals surface area contributed by atoms with Gasteiger partial charge in [-0.15, -0.1) is 0 Å². The van der Waals surface area contributed by atoms with E-state index in [0.717, 1.165) is 39.1 Å². The Labute approximate surface area is 179 Å². The van der Waals surface area contributed by atoms with Crippen LogP contribution in [0.4, 0.5) is 0 Å². The molecule has 5 rings (SSSR count). The molecular weight excluding hydrogens is 388 g/mol. The molecule has 7 nitrogen and oxygen atoms in total. The first-order valence-electron chi connectivity index (χ1n) is 10.2. The van der Waals surface area contributed by atoms with E-state index in [9.17, 15) is 4.79 Å². The Hall–Kier alpha value is -4.00. The molecular formula is C24H22N6O. The molecule has 0 amide bonds. The van der Waals surface area contributed by atoms with Gasteiger partial charge in [-0.2, -0.15) is 0 Å². The predicted octanol–water partition coefficient (Wildman–Crippen LogP) is 4.18. The number of hydrogen-bond donors (Lipinski definition) is 1. The predicted molar refractivity (Wildman–Crippen MR) is 122 cm³/mol. The van der Waals surface area contributed by atoms with E-state index in [4.69, 9.17) is 4.98 Å². The standard InChI is InChI=1S/C24H22N6O/c1-4-30-19-9-8-17(13-20(19)29(3)24(30)31)22-21(16-7-5-6-15(2)12-16)27-23(28-22)18-14-25-10-11-26-18/h5-14H,4H2,1-3H3,(H,27,28). The molecule has 3 aromatic heterocycles. The zero-order chi connectivity index (χ0) is 21.5. The number of hydrogen-bond acceptors (Lipinski definition) is 4. The van der Waals surface area contributed by atoms with Gasteiger partial charge in [0.2, 0.25) is 0 Å². The topological polar surface area (TPSA) is 81.4 Å². The van der Waals surface area contributed by atoms with Gasteiger partial charge in [-0.05, 0) is 32.0 Å². The van der Waals surface area contributed by atoms with Crippen LogP contribution in [-0.2, 0) is 13.6 Å². The van der Waals surface area contributed by atoms with Gasteiger partial charge in [0.15, 0.2) is 5.82 Å². The third-order valence-corrected chi connectivity index (χ3v) is 5.55. The summed E-state index contributed by atoms with van der Waals surface area (Å²) >= 11 is 0. The van der Waals surface area contributed by atoms with E-state index in [1.165, 1.54) is 0 Å². The molecule has 0 saturated heterocycles. The van der Waals surface area contributed by atoms with Crippen LogP contribution in [0.5, 0.6) is 0 Å². The van der Waals surface area contributed by atoms with Crippen molar-refractivity contribution in [2.45, 2.75) is 20.4 Å². The minimum Gasteiger partial charge on any atom is -0.336 e. The maximum Gasteiger partial charge on any atom is 0.328 e. The average molecular weight is 410 g/mol. The summed E-state index contributed by atoms with van der Waals surface area (Å²) in [5, 5.41) is 0. The quantitative estimate of drug-likeness (QED) is 0.482. The first kappa shape index (κ1) is 19.0. The van der Waals surface area contributed by atoms with Crippen molar-refractivity contribution in [3.8, 4) is 34.0 Å². The Balaban J connectivity index is 1.75. The molecule has 0 unspecified atom stereocenters. The molecule has 0 aliphatic rings. The lowest BCUT2D eigenvalue weighted by atomic mass is 10.0. The maximum atomic E-state index is 12.6. The normalized spacial score (nSPS) is 11.3. The van der Waals surface area contributed by atoms with Crippen molar-refractivity contribution >= 4 is 11.0 Å². The van der Waals surface area contributed by atoms with Crippen LogP contribution in [-0.4, -0.2) is 29.1 Å². The average Bonchev–Trinajstić information content (AvgIpc) is 3.34. The van der Waals surface area contributed by atoms with Gasteiger partial charge in [0.1, 0.15) is 5.69 Å². The van der Waals surface area contributed by atoms with Gasteiger partial charge < -0.3 is 4.98 Å². The Morgan fingerprint density at radius 2 is 1.90 bits per heavy atom. The number of H-pyrrole nitrogens is 1. The molecule has 7 heteroatoms. The smallest absolute Gasteiger partial charge is 0.328 e. The van der Waals surface area contributed by atoms with Gasteiger partial charge in [-0.3, -0.25) is 14.1 Å². The van der Waals surface area contributed by atoms with Gasteiger partial charge >= 0.3 is 5.69 Å². The van der Waals surface area contributed by atoms with Crippen molar-refractivity contribution in [2.75, 3.05) is 0 Å². The first-order valence-corrected chi connectivity index (χ1v) is 10.2. The lowest BCUT2D eigenvalue weighted by molar-refractivity contribution is 0.712. The number of nitrogens with zero attached hydrogens (tertiary/aromatic N) is 5. The van der Waals surface area contributed by atoms with Crippen LogP contribution in [0.3, 0.4) is 0 Å². The second-order valence-electron chi connectivity index (χ2n) is 7.56. The third kappa shape index (κ3) is 3.15. The van der Waals surface area contributed by atoms with Crippen molar-refractivity contribution in [3.63, 3.8) is 0 Å². The molecule has 0 atom stereocenters. The molecule has 0 saturated carbocycles. The van der Waals surface area contributed by atoms with E-state index in [1.54, 1.807) is 34.8 Å². The second kappa shape index (κ2) is 7.36. The number of aromatic amines is 1. The zero-order valence-corrected chi connectivity index (χ0v) is 17.6. The van der Waals surface area contributed by atoms with Gasteiger partial charge in [0.25, 0.3) is 0 Å². The molecule has 5 aromatic rings. The van der Waals surface area contributed by atoms with Crippen LogP contribution in [0.2, 0.25) is 0 Å². The monoisotopic (exact) mass is 410 g/mol. The summed E-state index contributed by atoms with van der Waals surface area (Å²) in [7, 11) is 1.81. The fourth-order valence-corrected chi connectivity index (χ4v) is 3.99. The lowest BCUT2D eigenvalue weighted by Gasteiger charge is -2.06. The minimum absolute atomic E-state index is 0.0154. The number of aryl methyl sites for hydroxylation is 3. The second-order valence-corrected chi connectivity index (χ2v) is 7.56. The summed E-state index contributed by atoms with van der Waals surface area (Å²) in [5.74, 6) is 0.653. The van der Waals surface area contributed by atoms with E-state index in [1.807, 2.05) is 31.2 Å². The number of aromatic nitrogens is 6. The molecule has 0 spiro atoms. The van der Waals surface area contributed by atoms with Crippen molar-refractivity contribution in [1.29, 1.82) is 0 Å². The van der Waals surface area contributed by atoms with Crippen LogP contribution in [0.1, 0.15) is 12.5 Å². The van der Waals surface area contributed by atoms with Crippen molar-refractivity contribution < 1.29 is 0 Å². The molecule has 0 aliphatic heterocycles. The van der Waals surface area contributed by atoms with E-state index in [0.29, 0.717) is 18.1 Å². The van der Waals surface area contributed by atoms with Crippen LogP contribution < -0.4 is 5.69 Å². The van der Waals surface area contributed by atoms with E-state index >= 15 is 0 Å². The van der Waals surface area contributed by atoms with Gasteiger partial charge in [-0.25, -0.2) is 14.8 Å². The molecule has 1 N–H and O–H groups in total. The van der Waals surface area contributed by atoms with Crippen molar-refractivity contribution in [3.05, 3.63) is 77.1 Å². The molecule has 154 valence electrons. The summed E-state index contributed by atoms with van der Waals surface area (Å²) < 4.78 is 3.47. The molecule has 31 heavy (non-hydrogen) atoms. The fourth-order valence-electron chi connectivity index (χ4n) is 3.99. The fraction of sp³-hybridized carbons (Fsp3) is 0.167. The van der Waals surface area contributed by atoms with E-state index in [2.05, 4.69) is 40.1 Å². The summed E-state index contributed by atoms with van der Waals surface area (Å²) in [5.41, 5.74) is 7.31. The van der Waals surface area contributed by atoms with Crippen LogP contribution in [0.15, 0.2) is 65.8 Å². The molecule has 2 aromatic carbocycles. The Morgan fingerprint density at radius 1 is 1.03 bits per heavy atom. The highest BCUT2D eigenvalue weighted by atomic mass is 16.1. The number of fused-ring (bicyclic) bond motifs is 1. The van der Waals surface area contributed by atoms with E-state index < -0.39 is 0 Å². The first-order chi connectivity index (χ1) is 15.1. The van der Waals surface area contributed by atoms with Crippen LogP contribution in [0, 0.1) is 6.92 Å². The summed E-state index contributed by atoms with van der Waals surface area (Å²) in [4.78, 5) is 29.5. The van der Waals surface area contributed by atoms with Gasteiger partial charge in [-0.1, -0.05) is 29.8 Å². The van der Waals surface area contributed by atoms with E-state index in [-0.39, 0.29) is 5.69 Å². The van der Waals surface area contributed by atoms with Crippen LogP contribution in [0.25, 0.3) is 45.1 Å². The zero-order valence-electron chi connectivity index (χ0n) is 17.6. The largest absolute Gasteiger partial charge is 0.336 e. The van der Waals surface area contributed by atoms with Crippen LogP contribution >= 0.6 is 0 Å². The molecule has 0 radical (unpaired) electrons. The van der Waals surface area contributed by atoms with Crippen molar-refractivity contribution in [1.82, 2.24) is 29.1 Å². The molecule has 0 aliphatic carbocycles. The Kier molecular flexibility index (Phi) is 4.51. The maximum absolute atomic E-state index is 12.6. The lowest BCUT2D eigenvalue weighted by Crippen LogP contribution is -2.21. The number of imidazole rings is 2. The molecule has 3 heterocycles. The number of benzene rings is 2. The highest BCUT2D eigenvalue weighted by Gasteiger charge is 2.18. The summed E-state index contributed by atoms with van der Waals surface area (Å²) in [6.07, 6.45) is 4.98. The molecule has 0 bridgehead atoms. The van der Waals surface area contributed by atoms with Gasteiger partial charge in [0, 0.05) is 37.1 Å². The minimum atomic E-state index is -0.0154. The Morgan fingerprint density at radius 3 is 2.65 bits per heavy atom. The summed E-state index contributed by atoms with van der Waals surface area (Å²) in [6.45, 7) is 4.67. The highest BCUT2D eigenvalue weighted by Crippen LogP contribution is 2.34.